The topological polar surface area (TPSA) is 44.5 Å². The molecule has 3 aromatic rings. The van der Waals surface area contributed by atoms with Crippen LogP contribution in [0.4, 0.5) is 5.69 Å². The average Bonchev–Trinajstić information content (AvgIpc) is 3.21. The fourth-order valence-corrected chi connectivity index (χ4v) is 4.23. The number of rotatable bonds is 9. The van der Waals surface area contributed by atoms with Gasteiger partial charge in [0.25, 0.3) is 0 Å². The first kappa shape index (κ1) is 21.6. The van der Waals surface area contributed by atoms with Crippen LogP contribution in [0.5, 0.6) is 0 Å². The van der Waals surface area contributed by atoms with Crippen LogP contribution in [0.2, 0.25) is 0 Å². The minimum Gasteiger partial charge on any atom is -0.444 e. The minimum atomic E-state index is 0.712. The smallest absolute Gasteiger partial charge is 0.195 e. The molecule has 5 nitrogen and oxygen atoms in total. The first-order valence-corrected chi connectivity index (χ1v) is 11.5. The molecule has 4 rings (SSSR count). The van der Waals surface area contributed by atoms with E-state index in [9.17, 15) is 0 Å². The molecule has 0 spiro atoms. The van der Waals surface area contributed by atoms with E-state index in [1.54, 1.807) is 0 Å². The van der Waals surface area contributed by atoms with Gasteiger partial charge in [-0.25, -0.2) is 4.98 Å². The number of hydrogen-bond acceptors (Lipinski definition) is 5. The molecule has 0 saturated carbocycles. The molecule has 1 aliphatic rings. The molecule has 0 bridgehead atoms. The highest BCUT2D eigenvalue weighted by Crippen LogP contribution is 2.24. The molecule has 164 valence electrons. The number of para-hydroxylation sites is 1. The van der Waals surface area contributed by atoms with Gasteiger partial charge in [0.15, 0.2) is 5.89 Å². The Labute approximate surface area is 186 Å². The molecule has 2 heterocycles. The van der Waals surface area contributed by atoms with E-state index in [-0.39, 0.29) is 0 Å². The Morgan fingerprint density at radius 1 is 0.968 bits per heavy atom. The lowest BCUT2D eigenvalue weighted by atomic mass is 10.1. The van der Waals surface area contributed by atoms with Gasteiger partial charge in [-0.15, -0.1) is 0 Å². The Morgan fingerprint density at radius 3 is 2.45 bits per heavy atom. The van der Waals surface area contributed by atoms with Gasteiger partial charge < -0.3 is 14.6 Å². The second-order valence-electron chi connectivity index (χ2n) is 8.29. The summed E-state index contributed by atoms with van der Waals surface area (Å²) in [5.41, 5.74) is 4.84. The molecule has 0 radical (unpaired) electrons. The highest BCUT2D eigenvalue weighted by molar-refractivity contribution is 5.61. The van der Waals surface area contributed by atoms with Gasteiger partial charge in [-0.3, -0.25) is 4.90 Å². The fraction of sp³-hybridized carbons (Fsp3) is 0.423. The number of nitrogens with one attached hydrogen (secondary N) is 1. The van der Waals surface area contributed by atoms with Crippen molar-refractivity contribution in [3.63, 3.8) is 0 Å². The molecule has 1 fully saturated rings. The Bertz CT molecular complexity index is 945. The summed E-state index contributed by atoms with van der Waals surface area (Å²) in [6.45, 7) is 11.5. The Morgan fingerprint density at radius 2 is 1.71 bits per heavy atom. The molecule has 1 aromatic heterocycles. The highest BCUT2D eigenvalue weighted by Gasteiger charge is 2.18. The summed E-state index contributed by atoms with van der Waals surface area (Å²) < 4.78 is 6.08. The van der Waals surface area contributed by atoms with Crippen LogP contribution < -0.4 is 10.2 Å². The molecule has 1 saturated heterocycles. The van der Waals surface area contributed by atoms with Crippen LogP contribution in [0.15, 0.2) is 59.0 Å². The van der Waals surface area contributed by atoms with Crippen molar-refractivity contribution in [2.45, 2.75) is 33.2 Å². The van der Waals surface area contributed by atoms with Crippen molar-refractivity contribution in [3.05, 3.63) is 71.8 Å². The zero-order valence-electron chi connectivity index (χ0n) is 18.8. The van der Waals surface area contributed by atoms with Crippen molar-refractivity contribution < 1.29 is 4.42 Å². The van der Waals surface area contributed by atoms with Crippen molar-refractivity contribution in [1.82, 2.24) is 15.2 Å². The van der Waals surface area contributed by atoms with E-state index >= 15 is 0 Å². The Hall–Kier alpha value is -2.63. The summed E-state index contributed by atoms with van der Waals surface area (Å²) in [7, 11) is 0. The van der Waals surface area contributed by atoms with E-state index in [1.165, 1.54) is 11.3 Å². The number of piperazine rings is 1. The molecule has 5 heteroatoms. The number of anilines is 1. The van der Waals surface area contributed by atoms with Gasteiger partial charge in [-0.2, -0.15) is 0 Å². The zero-order chi connectivity index (χ0) is 21.5. The quantitative estimate of drug-likeness (QED) is 0.518. The molecule has 0 aliphatic carbocycles. The van der Waals surface area contributed by atoms with E-state index in [0.717, 1.165) is 75.0 Å². The van der Waals surface area contributed by atoms with Crippen molar-refractivity contribution in [1.29, 1.82) is 0 Å². The maximum Gasteiger partial charge on any atom is 0.195 e. The third-order valence-corrected chi connectivity index (χ3v) is 5.97. The van der Waals surface area contributed by atoms with Crippen molar-refractivity contribution >= 4 is 5.69 Å². The first-order valence-electron chi connectivity index (χ1n) is 11.5. The van der Waals surface area contributed by atoms with Crippen LogP contribution in [0.1, 0.15) is 30.6 Å². The Kier molecular flexibility index (Phi) is 7.39. The van der Waals surface area contributed by atoms with Gasteiger partial charge in [0.05, 0.1) is 6.54 Å². The predicted molar refractivity (Wildman–Crippen MR) is 127 cm³/mol. The number of aryl methyl sites for hydroxylation is 2. The predicted octanol–water partition coefficient (Wildman–Crippen LogP) is 4.51. The largest absolute Gasteiger partial charge is 0.444 e. The van der Waals surface area contributed by atoms with E-state index in [1.807, 2.05) is 6.07 Å². The molecular weight excluding hydrogens is 384 g/mol. The summed E-state index contributed by atoms with van der Waals surface area (Å²) in [6.07, 6.45) is 1.92. The molecule has 0 atom stereocenters. The van der Waals surface area contributed by atoms with E-state index in [4.69, 9.17) is 9.40 Å². The first-order chi connectivity index (χ1) is 15.2. The van der Waals surface area contributed by atoms with Crippen molar-refractivity contribution in [3.8, 4) is 11.3 Å². The SMILES string of the molecule is CCCc1nc(-c2ccccc2)c(CNCCN2CCN(c3ccccc3C)CC2)o1. The molecule has 1 N–H and O–H groups in total. The molecule has 0 unspecified atom stereocenters. The summed E-state index contributed by atoms with van der Waals surface area (Å²) in [5.74, 6) is 1.78. The second-order valence-corrected chi connectivity index (χ2v) is 8.29. The van der Waals surface area contributed by atoms with E-state index in [0.29, 0.717) is 6.54 Å². The highest BCUT2D eigenvalue weighted by atomic mass is 16.4. The standard InChI is InChI=1S/C26H34N4O/c1-3-9-25-28-26(22-11-5-4-6-12-22)24(31-25)20-27-14-15-29-16-18-30(19-17-29)23-13-8-7-10-21(23)2/h4-8,10-13,27H,3,9,14-20H2,1-2H3. The number of aromatic nitrogens is 1. The van der Waals surface area contributed by atoms with Crippen LogP contribution in [0.3, 0.4) is 0 Å². The Balaban J connectivity index is 1.26. The van der Waals surface area contributed by atoms with Gasteiger partial charge in [-0.1, -0.05) is 55.5 Å². The molecule has 0 amide bonds. The average molecular weight is 419 g/mol. The summed E-state index contributed by atoms with van der Waals surface area (Å²) in [6, 6.07) is 19.0. The lowest BCUT2D eigenvalue weighted by Crippen LogP contribution is -2.48. The van der Waals surface area contributed by atoms with Gasteiger partial charge in [-0.05, 0) is 25.0 Å². The van der Waals surface area contributed by atoms with Crippen LogP contribution in [-0.2, 0) is 13.0 Å². The molecule has 2 aromatic carbocycles. The minimum absolute atomic E-state index is 0.712. The second kappa shape index (κ2) is 10.6. The van der Waals surface area contributed by atoms with Gasteiger partial charge >= 0.3 is 0 Å². The van der Waals surface area contributed by atoms with Gasteiger partial charge in [0.1, 0.15) is 11.5 Å². The normalized spacial score (nSPS) is 14.8. The number of nitrogens with zero attached hydrogens (tertiary/aromatic N) is 3. The lowest BCUT2D eigenvalue weighted by Gasteiger charge is -2.36. The van der Waals surface area contributed by atoms with Crippen LogP contribution in [0.25, 0.3) is 11.3 Å². The van der Waals surface area contributed by atoms with Crippen molar-refractivity contribution in [2.75, 3.05) is 44.2 Å². The third-order valence-electron chi connectivity index (χ3n) is 5.97. The van der Waals surface area contributed by atoms with Gasteiger partial charge in [0, 0.05) is 56.9 Å². The summed E-state index contributed by atoms with van der Waals surface area (Å²) >= 11 is 0. The van der Waals surface area contributed by atoms with Crippen LogP contribution >= 0.6 is 0 Å². The van der Waals surface area contributed by atoms with Crippen LogP contribution in [-0.4, -0.2) is 49.2 Å². The number of hydrogen-bond donors (Lipinski definition) is 1. The molecule has 1 aliphatic heterocycles. The number of benzene rings is 2. The summed E-state index contributed by atoms with van der Waals surface area (Å²) in [4.78, 5) is 9.81. The maximum atomic E-state index is 6.08. The third kappa shape index (κ3) is 5.54. The summed E-state index contributed by atoms with van der Waals surface area (Å²) in [5, 5.41) is 3.58. The van der Waals surface area contributed by atoms with Gasteiger partial charge in [0.2, 0.25) is 0 Å². The van der Waals surface area contributed by atoms with E-state index in [2.05, 4.69) is 77.5 Å². The number of oxazole rings is 1. The zero-order valence-corrected chi connectivity index (χ0v) is 18.8. The van der Waals surface area contributed by atoms with E-state index < -0.39 is 0 Å². The monoisotopic (exact) mass is 418 g/mol. The lowest BCUT2D eigenvalue weighted by molar-refractivity contribution is 0.256. The molecule has 31 heavy (non-hydrogen) atoms. The maximum absolute atomic E-state index is 6.08. The van der Waals surface area contributed by atoms with Crippen molar-refractivity contribution in [2.24, 2.45) is 0 Å². The fourth-order valence-electron chi connectivity index (χ4n) is 4.23. The van der Waals surface area contributed by atoms with Crippen LogP contribution in [0, 0.1) is 6.92 Å². The molecular formula is C26H34N4O.